The molecule has 0 spiro atoms. The van der Waals surface area contributed by atoms with E-state index in [0.29, 0.717) is 36.2 Å². The van der Waals surface area contributed by atoms with Gasteiger partial charge in [-0.05, 0) is 25.7 Å². The van der Waals surface area contributed by atoms with Gasteiger partial charge in [0.2, 0.25) is 5.91 Å². The van der Waals surface area contributed by atoms with Gasteiger partial charge in [0.25, 0.3) is 0 Å². The zero-order valence-electron chi connectivity index (χ0n) is 15.1. The lowest BCUT2D eigenvalue weighted by atomic mass is 9.98. The van der Waals surface area contributed by atoms with Gasteiger partial charge < -0.3 is 15.5 Å². The van der Waals surface area contributed by atoms with E-state index in [9.17, 15) is 26.4 Å². The number of amides is 1. The molecule has 26 heavy (non-hydrogen) atoms. The number of sulfonamides is 1. The molecule has 1 amide bonds. The average molecular weight is 401 g/mol. The van der Waals surface area contributed by atoms with E-state index in [2.05, 4.69) is 15.6 Å². The summed E-state index contributed by atoms with van der Waals surface area (Å²) in [4.78, 5) is 17.2. The minimum Gasteiger partial charge on any atom is -0.357 e. The number of piperidine rings is 1. The van der Waals surface area contributed by atoms with E-state index in [0.717, 1.165) is 0 Å². The Labute approximate surface area is 151 Å². The van der Waals surface area contributed by atoms with Gasteiger partial charge in [0.05, 0.1) is 0 Å². The molecule has 0 saturated carbocycles. The van der Waals surface area contributed by atoms with Crippen molar-refractivity contribution in [2.24, 2.45) is 10.9 Å². The number of alkyl halides is 3. The monoisotopic (exact) mass is 401 g/mol. The zero-order chi connectivity index (χ0) is 20.0. The molecule has 0 unspecified atom stereocenters. The number of likely N-dealkylation sites (N-methyl/N-ethyl adjacent to an activating group) is 1. The predicted molar refractivity (Wildman–Crippen MR) is 91.9 cm³/mol. The number of hydrogen-bond donors (Lipinski definition) is 2. The first-order chi connectivity index (χ1) is 12.0. The molecular weight excluding hydrogens is 375 g/mol. The Morgan fingerprint density at radius 2 is 1.81 bits per heavy atom. The molecule has 1 rings (SSSR count). The topological polar surface area (TPSA) is 94.1 Å². The van der Waals surface area contributed by atoms with Crippen LogP contribution in [0, 0.1) is 5.92 Å². The molecule has 8 nitrogen and oxygen atoms in total. The number of carbonyl (C=O) groups is 1. The first-order valence-electron chi connectivity index (χ1n) is 8.27. The van der Waals surface area contributed by atoms with Crippen molar-refractivity contribution in [3.8, 4) is 0 Å². The lowest BCUT2D eigenvalue weighted by Crippen LogP contribution is -2.47. The van der Waals surface area contributed by atoms with E-state index >= 15 is 0 Å². The number of hydrogen-bond acceptors (Lipinski definition) is 4. The van der Waals surface area contributed by atoms with Crippen LogP contribution in [0.15, 0.2) is 4.99 Å². The minimum atomic E-state index is -5.26. The van der Waals surface area contributed by atoms with E-state index in [1.54, 1.807) is 14.1 Å². The third-order valence-electron chi connectivity index (χ3n) is 3.98. The van der Waals surface area contributed by atoms with E-state index in [1.165, 1.54) is 4.90 Å². The summed E-state index contributed by atoms with van der Waals surface area (Å²) in [6.07, 6.45) is 0.636. The van der Waals surface area contributed by atoms with Gasteiger partial charge >= 0.3 is 15.5 Å². The SMILES string of the molecule is CCNC(=NCC(=O)N(C)C)NCC1CCN(S(=O)(=O)C(F)(F)F)CC1. The number of carbonyl (C=O) groups excluding carboxylic acids is 1. The summed E-state index contributed by atoms with van der Waals surface area (Å²) in [6.45, 7) is 2.53. The van der Waals surface area contributed by atoms with Gasteiger partial charge in [-0.1, -0.05) is 0 Å². The smallest absolute Gasteiger partial charge is 0.357 e. The normalized spacial score (nSPS) is 17.8. The Balaban J connectivity index is 2.53. The number of nitrogens with one attached hydrogen (secondary N) is 2. The molecule has 0 aromatic rings. The van der Waals surface area contributed by atoms with E-state index in [-0.39, 0.29) is 31.5 Å². The van der Waals surface area contributed by atoms with Crippen LogP contribution in [0.2, 0.25) is 0 Å². The number of guanidine groups is 1. The summed E-state index contributed by atoms with van der Waals surface area (Å²) in [7, 11) is -2.00. The molecule has 0 aromatic heterocycles. The Morgan fingerprint density at radius 1 is 1.23 bits per heavy atom. The lowest BCUT2D eigenvalue weighted by Gasteiger charge is -2.31. The maximum Gasteiger partial charge on any atom is 0.511 e. The fourth-order valence-electron chi connectivity index (χ4n) is 2.37. The van der Waals surface area contributed by atoms with Gasteiger partial charge in [-0.3, -0.25) is 4.79 Å². The zero-order valence-corrected chi connectivity index (χ0v) is 16.0. The van der Waals surface area contributed by atoms with Crippen LogP contribution in [-0.2, 0) is 14.8 Å². The van der Waals surface area contributed by atoms with Gasteiger partial charge in [0.1, 0.15) is 6.54 Å². The Bertz CT molecular complexity index is 599. The minimum absolute atomic E-state index is 0.0168. The summed E-state index contributed by atoms with van der Waals surface area (Å²) >= 11 is 0. The molecule has 1 saturated heterocycles. The molecule has 1 aliphatic rings. The molecule has 1 aliphatic heterocycles. The Morgan fingerprint density at radius 3 is 2.27 bits per heavy atom. The summed E-state index contributed by atoms with van der Waals surface area (Å²) in [5, 5.41) is 6.03. The van der Waals surface area contributed by atoms with Crippen molar-refractivity contribution in [1.82, 2.24) is 19.8 Å². The van der Waals surface area contributed by atoms with Crippen molar-refractivity contribution >= 4 is 21.9 Å². The van der Waals surface area contributed by atoms with Crippen molar-refractivity contribution in [2.45, 2.75) is 25.3 Å². The first kappa shape index (κ1) is 22.5. The molecule has 1 heterocycles. The highest BCUT2D eigenvalue weighted by Gasteiger charge is 2.50. The molecular formula is C14H26F3N5O3S. The molecule has 0 aliphatic carbocycles. The van der Waals surface area contributed by atoms with Crippen molar-refractivity contribution in [3.05, 3.63) is 0 Å². The third-order valence-corrected chi connectivity index (χ3v) is 5.61. The van der Waals surface area contributed by atoms with Crippen molar-refractivity contribution in [2.75, 3.05) is 46.8 Å². The maximum absolute atomic E-state index is 12.6. The van der Waals surface area contributed by atoms with Crippen LogP contribution in [0.1, 0.15) is 19.8 Å². The molecule has 0 bridgehead atoms. The Kier molecular flexibility index (Phi) is 8.13. The van der Waals surface area contributed by atoms with Crippen LogP contribution in [0.25, 0.3) is 0 Å². The molecule has 0 atom stereocenters. The second kappa shape index (κ2) is 9.40. The summed E-state index contributed by atoms with van der Waals surface area (Å²) in [5.41, 5.74) is -5.26. The largest absolute Gasteiger partial charge is 0.511 e. The summed E-state index contributed by atoms with van der Waals surface area (Å²) < 4.78 is 61.0. The van der Waals surface area contributed by atoms with E-state index < -0.39 is 15.5 Å². The number of rotatable bonds is 6. The molecule has 2 N–H and O–H groups in total. The maximum atomic E-state index is 12.6. The van der Waals surface area contributed by atoms with Gasteiger partial charge in [-0.25, -0.2) is 13.4 Å². The van der Waals surface area contributed by atoms with Crippen LogP contribution in [0.4, 0.5) is 13.2 Å². The van der Waals surface area contributed by atoms with Crippen LogP contribution in [0.5, 0.6) is 0 Å². The van der Waals surface area contributed by atoms with Crippen LogP contribution in [-0.4, -0.2) is 81.8 Å². The van der Waals surface area contributed by atoms with Crippen molar-refractivity contribution in [1.29, 1.82) is 0 Å². The van der Waals surface area contributed by atoms with Gasteiger partial charge in [0, 0.05) is 40.3 Å². The highest BCUT2D eigenvalue weighted by Crippen LogP contribution is 2.30. The molecule has 152 valence electrons. The molecule has 12 heteroatoms. The fraction of sp³-hybridized carbons (Fsp3) is 0.857. The molecule has 0 aromatic carbocycles. The van der Waals surface area contributed by atoms with E-state index in [1.807, 2.05) is 6.92 Å². The van der Waals surface area contributed by atoms with Gasteiger partial charge in [-0.15, -0.1) is 0 Å². The quantitative estimate of drug-likeness (QED) is 0.490. The highest BCUT2D eigenvalue weighted by molar-refractivity contribution is 7.90. The number of aliphatic imine (C=N–C) groups is 1. The summed E-state index contributed by atoms with van der Waals surface area (Å²) in [5.74, 6) is 0.295. The van der Waals surface area contributed by atoms with E-state index in [4.69, 9.17) is 0 Å². The second-order valence-corrected chi connectivity index (χ2v) is 8.09. The fourth-order valence-corrected chi connectivity index (χ4v) is 3.36. The molecule has 1 fully saturated rings. The van der Waals surface area contributed by atoms with Crippen LogP contribution in [0.3, 0.4) is 0 Å². The van der Waals surface area contributed by atoms with Crippen LogP contribution >= 0.6 is 0 Å². The predicted octanol–water partition coefficient (Wildman–Crippen LogP) is 0.191. The highest BCUT2D eigenvalue weighted by atomic mass is 32.2. The van der Waals surface area contributed by atoms with Crippen molar-refractivity contribution < 1.29 is 26.4 Å². The third kappa shape index (κ3) is 6.31. The van der Waals surface area contributed by atoms with Gasteiger partial charge in [-0.2, -0.15) is 17.5 Å². The van der Waals surface area contributed by atoms with Gasteiger partial charge in [0.15, 0.2) is 5.96 Å². The number of halogens is 3. The average Bonchev–Trinajstić information content (AvgIpc) is 2.56. The lowest BCUT2D eigenvalue weighted by molar-refractivity contribution is -0.127. The standard InChI is InChI=1S/C14H26F3N5O3S/c1-4-18-13(20-10-12(23)21(2)3)19-9-11-5-7-22(8-6-11)26(24,25)14(15,16)17/h11H,4-10H2,1-3H3,(H2,18,19,20). The second-order valence-electron chi connectivity index (χ2n) is 6.16. The van der Waals surface area contributed by atoms with Crippen LogP contribution < -0.4 is 10.6 Å². The Hall–Kier alpha value is -1.56. The first-order valence-corrected chi connectivity index (χ1v) is 9.71. The summed E-state index contributed by atoms with van der Waals surface area (Å²) in [6, 6.07) is 0. The number of nitrogens with zero attached hydrogens (tertiary/aromatic N) is 3. The van der Waals surface area contributed by atoms with Crippen molar-refractivity contribution in [3.63, 3.8) is 0 Å². The molecule has 0 radical (unpaired) electrons.